The first-order valence-corrected chi connectivity index (χ1v) is 5.42. The molecule has 98 valence electrons. The highest BCUT2D eigenvalue weighted by molar-refractivity contribution is 5.85. The van der Waals surface area contributed by atoms with Crippen LogP contribution in [-0.4, -0.2) is 10.1 Å². The van der Waals surface area contributed by atoms with Gasteiger partial charge in [0, 0.05) is 18.9 Å². The number of nitrogens with two attached hydrogens (primary N) is 1. The summed E-state index contributed by atoms with van der Waals surface area (Å²) >= 11 is 0. The largest absolute Gasteiger partial charge is 0.549 e. The van der Waals surface area contributed by atoms with Crippen LogP contribution >= 0.6 is 12.4 Å². The van der Waals surface area contributed by atoms with E-state index in [0.717, 1.165) is 18.7 Å². The van der Waals surface area contributed by atoms with Gasteiger partial charge >= 0.3 is 5.76 Å². The van der Waals surface area contributed by atoms with Crippen molar-refractivity contribution in [1.29, 1.82) is 0 Å². The number of hydrogen-bond donors (Lipinski definition) is 1. The number of nitrogens with zero attached hydrogens (tertiary/aromatic N) is 1. The average Bonchev–Trinajstić information content (AvgIpc) is 2.46. The van der Waals surface area contributed by atoms with Gasteiger partial charge < -0.3 is 5.73 Å². The second kappa shape index (κ2) is 6.61. The van der Waals surface area contributed by atoms with Crippen molar-refractivity contribution in [3.63, 3.8) is 0 Å². The van der Waals surface area contributed by atoms with E-state index in [2.05, 4.69) is 9.68 Å². The minimum atomic E-state index is -0.343. The van der Waals surface area contributed by atoms with Gasteiger partial charge in [-0.25, -0.2) is 4.52 Å². The summed E-state index contributed by atoms with van der Waals surface area (Å²) in [4.78, 5) is 11.2. The maximum atomic E-state index is 11.2. The number of aryl methyl sites for hydroxylation is 1. The highest BCUT2D eigenvalue weighted by atomic mass is 35.5. The molecule has 0 fully saturated rings. The van der Waals surface area contributed by atoms with E-state index < -0.39 is 0 Å². The van der Waals surface area contributed by atoms with Gasteiger partial charge in [0.2, 0.25) is 0 Å². The Morgan fingerprint density at radius 2 is 2.12 bits per heavy atom. The zero-order valence-electron chi connectivity index (χ0n) is 10.5. The first-order valence-electron chi connectivity index (χ1n) is 5.42. The maximum absolute atomic E-state index is 11.2. The molecule has 0 aliphatic rings. The number of aromatic amines is 1. The third-order valence-electron chi connectivity index (χ3n) is 2.24. The summed E-state index contributed by atoms with van der Waals surface area (Å²) in [6, 6.07) is 0. The topological polar surface area (TPSA) is 75.3 Å². The Kier molecular flexibility index (Phi) is 6.20. The van der Waals surface area contributed by atoms with Gasteiger partial charge in [0.05, 0.1) is 0 Å². The van der Waals surface area contributed by atoms with Crippen molar-refractivity contribution in [1.82, 2.24) is 4.57 Å². The quantitative estimate of drug-likeness (QED) is 0.807. The Morgan fingerprint density at radius 3 is 2.59 bits per heavy atom. The molecule has 3 N–H and O–H groups in total. The number of hydrogen-bond acceptors (Lipinski definition) is 3. The van der Waals surface area contributed by atoms with Gasteiger partial charge in [-0.15, -0.1) is 12.4 Å². The summed E-state index contributed by atoms with van der Waals surface area (Å²) in [6.07, 6.45) is 5.71. The first kappa shape index (κ1) is 15.9. The Morgan fingerprint density at radius 1 is 1.47 bits per heavy atom. The van der Waals surface area contributed by atoms with Crippen LogP contribution in [0.2, 0.25) is 0 Å². The van der Waals surface area contributed by atoms with Crippen LogP contribution in [0.4, 0.5) is 0 Å². The normalized spacial score (nSPS) is 11.8. The summed E-state index contributed by atoms with van der Waals surface area (Å²) in [5, 5.41) is 2.53. The number of aromatic nitrogens is 2. The molecule has 0 atom stereocenters. The van der Waals surface area contributed by atoms with E-state index in [9.17, 15) is 4.79 Å². The molecular weight excluding hydrogens is 242 g/mol. The zero-order chi connectivity index (χ0) is 12.2. The molecule has 17 heavy (non-hydrogen) atoms. The van der Waals surface area contributed by atoms with Gasteiger partial charge in [-0.3, -0.25) is 0 Å². The summed E-state index contributed by atoms with van der Waals surface area (Å²) in [5.41, 5.74) is 5.66. The zero-order valence-corrected chi connectivity index (χ0v) is 11.3. The fourth-order valence-electron chi connectivity index (χ4n) is 1.33. The van der Waals surface area contributed by atoms with Gasteiger partial charge in [0.1, 0.15) is 6.54 Å². The summed E-state index contributed by atoms with van der Waals surface area (Å²) in [6.45, 7) is 6.39. The average molecular weight is 263 g/mol. The summed E-state index contributed by atoms with van der Waals surface area (Å²) < 4.78 is 6.21. The monoisotopic (exact) mass is 262 g/mol. The van der Waals surface area contributed by atoms with Crippen LogP contribution in [0.5, 0.6) is 0 Å². The molecule has 0 bridgehead atoms. The molecule has 0 saturated heterocycles. The fourth-order valence-corrected chi connectivity index (χ4v) is 1.33. The highest BCUT2D eigenvalue weighted by Gasteiger charge is 2.12. The molecular formula is C11H21ClN3O2+. The van der Waals surface area contributed by atoms with Crippen LogP contribution in [0.15, 0.2) is 21.5 Å². The molecule has 1 rings (SSSR count). The number of H-pyrrole nitrogens is 1. The van der Waals surface area contributed by atoms with E-state index in [-0.39, 0.29) is 23.7 Å². The van der Waals surface area contributed by atoms with Gasteiger partial charge in [-0.1, -0.05) is 17.3 Å². The Hall–Kier alpha value is -1.07. The molecule has 0 aliphatic carbocycles. The molecule has 0 amide bonds. The van der Waals surface area contributed by atoms with E-state index >= 15 is 0 Å². The molecule has 0 unspecified atom stereocenters. The number of nitrogens with one attached hydrogen (secondary N) is 1. The van der Waals surface area contributed by atoms with Crippen LogP contribution in [0, 0.1) is 6.92 Å². The van der Waals surface area contributed by atoms with Crippen LogP contribution in [0.25, 0.3) is 0 Å². The number of halogens is 1. The van der Waals surface area contributed by atoms with Crippen molar-refractivity contribution >= 4 is 12.4 Å². The van der Waals surface area contributed by atoms with E-state index in [1.807, 2.05) is 26.0 Å². The van der Waals surface area contributed by atoms with Crippen molar-refractivity contribution < 1.29 is 9.68 Å². The standard InChI is InChI=1S/C11H19N3O2.ClH/c1-9-13-16-10(15)14(9)8-6-4-5-7-11(2,3)12;/h4-5H,6-8,12H2,1-3H3;1H/p+1/b5-4-;. The van der Waals surface area contributed by atoms with Crippen molar-refractivity contribution in [2.75, 3.05) is 0 Å². The fraction of sp³-hybridized carbons (Fsp3) is 0.636. The van der Waals surface area contributed by atoms with Gasteiger partial charge in [0.25, 0.3) is 5.82 Å². The molecule has 6 heteroatoms. The predicted molar refractivity (Wildman–Crippen MR) is 68.1 cm³/mol. The van der Waals surface area contributed by atoms with E-state index in [1.54, 1.807) is 11.5 Å². The lowest BCUT2D eigenvalue weighted by atomic mass is 10.0. The molecule has 0 radical (unpaired) electrons. The van der Waals surface area contributed by atoms with Crippen molar-refractivity contribution in [3.05, 3.63) is 28.5 Å². The third kappa shape index (κ3) is 5.70. The van der Waals surface area contributed by atoms with Crippen LogP contribution < -0.4 is 16.6 Å². The Labute approximate surface area is 107 Å². The first-order chi connectivity index (χ1) is 7.40. The van der Waals surface area contributed by atoms with Crippen LogP contribution in [0.3, 0.4) is 0 Å². The van der Waals surface area contributed by atoms with Crippen molar-refractivity contribution in [2.24, 2.45) is 5.73 Å². The van der Waals surface area contributed by atoms with Crippen LogP contribution in [0.1, 0.15) is 32.5 Å². The highest BCUT2D eigenvalue weighted by Crippen LogP contribution is 2.04. The third-order valence-corrected chi connectivity index (χ3v) is 2.24. The second-order valence-corrected chi connectivity index (χ2v) is 4.66. The van der Waals surface area contributed by atoms with Crippen LogP contribution in [-0.2, 0) is 6.54 Å². The predicted octanol–water partition coefficient (Wildman–Crippen LogP) is 1.06. The Bertz CT molecular complexity index is 415. The molecule has 0 aromatic carbocycles. The van der Waals surface area contributed by atoms with E-state index in [0.29, 0.717) is 6.54 Å². The molecule has 0 aliphatic heterocycles. The van der Waals surface area contributed by atoms with Gasteiger partial charge in [0.15, 0.2) is 0 Å². The molecule has 0 spiro atoms. The number of allylic oxidation sites excluding steroid dienone is 1. The van der Waals surface area contributed by atoms with E-state index in [1.165, 1.54) is 0 Å². The molecule has 1 heterocycles. The summed E-state index contributed by atoms with van der Waals surface area (Å²) in [5.74, 6) is 0.391. The minimum Gasteiger partial charge on any atom is -0.325 e. The molecule has 1 aromatic rings. The maximum Gasteiger partial charge on any atom is 0.549 e. The van der Waals surface area contributed by atoms with Gasteiger partial charge in [-0.2, -0.15) is 9.36 Å². The number of rotatable bonds is 5. The lowest BCUT2D eigenvalue weighted by Gasteiger charge is -2.14. The van der Waals surface area contributed by atoms with Crippen molar-refractivity contribution in [2.45, 2.75) is 45.7 Å². The van der Waals surface area contributed by atoms with E-state index in [4.69, 9.17) is 5.73 Å². The molecule has 0 saturated carbocycles. The minimum absolute atomic E-state index is 0. The lowest BCUT2D eigenvalue weighted by Crippen LogP contribution is -2.30. The molecule has 5 nitrogen and oxygen atoms in total. The smallest absolute Gasteiger partial charge is 0.325 e. The molecule has 1 aromatic heterocycles. The van der Waals surface area contributed by atoms with Gasteiger partial charge in [-0.05, 0) is 20.3 Å². The van der Waals surface area contributed by atoms with Crippen molar-refractivity contribution in [3.8, 4) is 0 Å². The Balaban J connectivity index is 0.00000256. The SMILES string of the molecule is Cc1[nH+]oc(=O)n1CC/C=C\CC(C)(C)N.Cl. The summed E-state index contributed by atoms with van der Waals surface area (Å²) in [7, 11) is 0. The lowest BCUT2D eigenvalue weighted by molar-refractivity contribution is -0.618. The second-order valence-electron chi connectivity index (χ2n) is 4.66.